The molecule has 0 saturated carbocycles. The standard InChI is InChI=1S/C13H15BrN2O/c1-13(2,15)7-9-6-8-4-3-5-10(14)11(8)16-12(9)17/h3-6H,7,15H2,1-2H3,(H,16,17). The summed E-state index contributed by atoms with van der Waals surface area (Å²) in [5, 5.41) is 1.01. The fourth-order valence-corrected chi connectivity index (χ4v) is 2.34. The summed E-state index contributed by atoms with van der Waals surface area (Å²) in [6.07, 6.45) is 0.560. The van der Waals surface area contributed by atoms with E-state index in [2.05, 4.69) is 20.9 Å². The number of nitrogens with one attached hydrogen (secondary N) is 1. The van der Waals surface area contributed by atoms with Crippen LogP contribution in [0.4, 0.5) is 0 Å². The van der Waals surface area contributed by atoms with Crippen LogP contribution in [0.15, 0.2) is 33.5 Å². The molecule has 4 heteroatoms. The minimum Gasteiger partial charge on any atom is -0.325 e. The van der Waals surface area contributed by atoms with Gasteiger partial charge < -0.3 is 10.7 Å². The molecule has 3 nitrogen and oxygen atoms in total. The minimum atomic E-state index is -0.382. The van der Waals surface area contributed by atoms with E-state index in [1.165, 1.54) is 0 Å². The summed E-state index contributed by atoms with van der Waals surface area (Å²) >= 11 is 3.42. The molecule has 3 N–H and O–H groups in total. The van der Waals surface area contributed by atoms with E-state index >= 15 is 0 Å². The van der Waals surface area contributed by atoms with Crippen molar-refractivity contribution >= 4 is 26.8 Å². The molecule has 0 bridgehead atoms. The number of benzene rings is 1. The smallest absolute Gasteiger partial charge is 0.251 e. The van der Waals surface area contributed by atoms with Crippen LogP contribution in [0.1, 0.15) is 19.4 Å². The number of para-hydroxylation sites is 1. The second-order valence-corrected chi connectivity index (χ2v) is 5.85. The quantitative estimate of drug-likeness (QED) is 0.894. The Morgan fingerprint density at radius 1 is 1.41 bits per heavy atom. The van der Waals surface area contributed by atoms with Gasteiger partial charge in [0.15, 0.2) is 0 Å². The zero-order valence-electron chi connectivity index (χ0n) is 9.88. The molecule has 1 heterocycles. The fourth-order valence-electron chi connectivity index (χ4n) is 1.86. The number of hydrogen-bond acceptors (Lipinski definition) is 2. The summed E-state index contributed by atoms with van der Waals surface area (Å²) in [6, 6.07) is 7.74. The van der Waals surface area contributed by atoms with Crippen molar-refractivity contribution in [1.29, 1.82) is 0 Å². The van der Waals surface area contributed by atoms with Gasteiger partial charge in [-0.25, -0.2) is 0 Å². The highest BCUT2D eigenvalue weighted by Crippen LogP contribution is 2.21. The first-order valence-corrected chi connectivity index (χ1v) is 6.25. The molecule has 0 amide bonds. The highest BCUT2D eigenvalue weighted by atomic mass is 79.9. The Labute approximate surface area is 108 Å². The van der Waals surface area contributed by atoms with E-state index in [1.54, 1.807) is 0 Å². The molecule has 90 valence electrons. The second-order valence-electron chi connectivity index (χ2n) is 4.99. The van der Waals surface area contributed by atoms with Crippen LogP contribution in [0.5, 0.6) is 0 Å². The monoisotopic (exact) mass is 294 g/mol. The third kappa shape index (κ3) is 2.76. The first kappa shape index (κ1) is 12.3. The molecular formula is C13H15BrN2O. The largest absolute Gasteiger partial charge is 0.325 e. The Kier molecular flexibility index (Phi) is 3.10. The zero-order valence-corrected chi connectivity index (χ0v) is 11.5. The van der Waals surface area contributed by atoms with Crippen molar-refractivity contribution in [3.8, 4) is 0 Å². The van der Waals surface area contributed by atoms with Crippen molar-refractivity contribution in [3.63, 3.8) is 0 Å². The predicted octanol–water partition coefficient (Wildman–Crippen LogP) is 2.57. The number of pyridine rings is 1. The Hall–Kier alpha value is -1.13. The number of fused-ring (bicyclic) bond motifs is 1. The van der Waals surface area contributed by atoms with Gasteiger partial charge in [0.05, 0.1) is 5.52 Å². The lowest BCUT2D eigenvalue weighted by atomic mass is 9.96. The molecule has 0 atom stereocenters. The lowest BCUT2D eigenvalue weighted by Crippen LogP contribution is -2.36. The lowest BCUT2D eigenvalue weighted by molar-refractivity contribution is 0.514. The molecular weight excluding hydrogens is 280 g/mol. The van der Waals surface area contributed by atoms with Crippen LogP contribution < -0.4 is 11.3 Å². The van der Waals surface area contributed by atoms with Crippen molar-refractivity contribution in [3.05, 3.63) is 44.7 Å². The summed E-state index contributed by atoms with van der Waals surface area (Å²) in [7, 11) is 0. The fraction of sp³-hybridized carbons (Fsp3) is 0.308. The minimum absolute atomic E-state index is 0.0667. The van der Waals surface area contributed by atoms with Gasteiger partial charge in [0.1, 0.15) is 0 Å². The molecule has 0 radical (unpaired) electrons. The number of rotatable bonds is 2. The van der Waals surface area contributed by atoms with Crippen molar-refractivity contribution in [2.45, 2.75) is 25.8 Å². The van der Waals surface area contributed by atoms with E-state index in [-0.39, 0.29) is 11.1 Å². The van der Waals surface area contributed by atoms with Gasteiger partial charge >= 0.3 is 0 Å². The number of aromatic nitrogens is 1. The van der Waals surface area contributed by atoms with Gasteiger partial charge in [-0.3, -0.25) is 4.79 Å². The van der Waals surface area contributed by atoms with Gasteiger partial charge in [-0.2, -0.15) is 0 Å². The van der Waals surface area contributed by atoms with E-state index in [9.17, 15) is 4.79 Å². The first-order valence-electron chi connectivity index (χ1n) is 5.46. The van der Waals surface area contributed by atoms with Gasteiger partial charge in [-0.1, -0.05) is 12.1 Å². The number of hydrogen-bond donors (Lipinski definition) is 2. The average Bonchev–Trinajstić information content (AvgIpc) is 2.19. The second kappa shape index (κ2) is 4.27. The lowest BCUT2D eigenvalue weighted by Gasteiger charge is -2.18. The van der Waals surface area contributed by atoms with Gasteiger partial charge in [-0.15, -0.1) is 0 Å². The molecule has 0 fully saturated rings. The molecule has 0 saturated heterocycles. The molecule has 0 aliphatic rings. The van der Waals surface area contributed by atoms with Crippen molar-refractivity contribution < 1.29 is 0 Å². The SMILES string of the molecule is CC(C)(N)Cc1cc2cccc(Br)c2[nH]c1=O. The van der Waals surface area contributed by atoms with E-state index in [4.69, 9.17) is 5.73 Å². The predicted molar refractivity (Wildman–Crippen MR) is 74.2 cm³/mol. The van der Waals surface area contributed by atoms with Crippen molar-refractivity contribution in [2.75, 3.05) is 0 Å². The maximum Gasteiger partial charge on any atom is 0.251 e. The highest BCUT2D eigenvalue weighted by Gasteiger charge is 2.15. The molecule has 0 unspecified atom stereocenters. The molecule has 0 aliphatic carbocycles. The van der Waals surface area contributed by atoms with Crippen LogP contribution in [0.2, 0.25) is 0 Å². The van der Waals surface area contributed by atoms with Crippen LogP contribution in [0, 0.1) is 0 Å². The Morgan fingerprint density at radius 2 is 2.12 bits per heavy atom. The zero-order chi connectivity index (χ0) is 12.6. The van der Waals surface area contributed by atoms with Gasteiger partial charge in [0, 0.05) is 15.6 Å². The number of H-pyrrole nitrogens is 1. The van der Waals surface area contributed by atoms with Crippen molar-refractivity contribution in [2.24, 2.45) is 5.73 Å². The highest BCUT2D eigenvalue weighted by molar-refractivity contribution is 9.10. The van der Waals surface area contributed by atoms with Gasteiger partial charge in [-0.05, 0) is 53.7 Å². The normalized spacial score (nSPS) is 12.0. The van der Waals surface area contributed by atoms with Crippen LogP contribution in [0.3, 0.4) is 0 Å². The summed E-state index contributed by atoms with van der Waals surface area (Å²) < 4.78 is 0.894. The molecule has 1 aromatic heterocycles. The van der Waals surface area contributed by atoms with Gasteiger partial charge in [0.25, 0.3) is 5.56 Å². The Morgan fingerprint density at radius 3 is 2.76 bits per heavy atom. The average molecular weight is 295 g/mol. The first-order chi connectivity index (χ1) is 7.87. The summed E-state index contributed by atoms with van der Waals surface area (Å²) in [5.74, 6) is 0. The third-order valence-electron chi connectivity index (χ3n) is 2.55. The number of nitrogens with two attached hydrogens (primary N) is 1. The number of halogens is 1. The van der Waals surface area contributed by atoms with Crippen LogP contribution in [-0.2, 0) is 6.42 Å². The number of aromatic amines is 1. The molecule has 2 aromatic rings. The van der Waals surface area contributed by atoms with Crippen LogP contribution in [-0.4, -0.2) is 10.5 Å². The third-order valence-corrected chi connectivity index (χ3v) is 3.21. The Balaban J connectivity index is 2.61. The van der Waals surface area contributed by atoms with Gasteiger partial charge in [0.2, 0.25) is 0 Å². The van der Waals surface area contributed by atoms with E-state index < -0.39 is 0 Å². The van der Waals surface area contributed by atoms with Crippen LogP contribution in [0.25, 0.3) is 10.9 Å². The summed E-state index contributed by atoms with van der Waals surface area (Å²) in [6.45, 7) is 3.83. The Bertz CT molecular complexity index is 611. The maximum absolute atomic E-state index is 11.9. The summed E-state index contributed by atoms with van der Waals surface area (Å²) in [4.78, 5) is 14.8. The molecule has 1 aromatic carbocycles. The molecule has 0 aliphatic heterocycles. The topological polar surface area (TPSA) is 58.9 Å². The van der Waals surface area contributed by atoms with E-state index in [0.29, 0.717) is 6.42 Å². The van der Waals surface area contributed by atoms with E-state index in [0.717, 1.165) is 20.9 Å². The molecule has 17 heavy (non-hydrogen) atoms. The molecule has 2 rings (SSSR count). The maximum atomic E-state index is 11.9. The summed E-state index contributed by atoms with van der Waals surface area (Å²) in [5.41, 5.74) is 7.05. The van der Waals surface area contributed by atoms with Crippen molar-refractivity contribution in [1.82, 2.24) is 4.98 Å². The molecule has 0 spiro atoms. The van der Waals surface area contributed by atoms with E-state index in [1.807, 2.05) is 38.1 Å². The van der Waals surface area contributed by atoms with Crippen LogP contribution >= 0.6 is 15.9 Å².